The number of esters is 1. The van der Waals surface area contributed by atoms with E-state index in [-0.39, 0.29) is 39.8 Å². The summed E-state index contributed by atoms with van der Waals surface area (Å²) in [6.45, 7) is 19.5. The Morgan fingerprint density at radius 1 is 1.16 bits per heavy atom. The van der Waals surface area contributed by atoms with E-state index < -0.39 is 12.1 Å². The third kappa shape index (κ3) is 4.64. The van der Waals surface area contributed by atoms with Gasteiger partial charge in [-0.05, 0) is 98.4 Å². The minimum atomic E-state index is -0.983. The predicted molar refractivity (Wildman–Crippen MR) is 146 cm³/mol. The van der Waals surface area contributed by atoms with Crippen LogP contribution in [0.3, 0.4) is 0 Å². The Morgan fingerprint density at radius 2 is 1.84 bits per heavy atom. The highest BCUT2D eigenvalue weighted by Crippen LogP contribution is 2.70. The van der Waals surface area contributed by atoms with E-state index in [1.54, 1.807) is 5.57 Å². The van der Waals surface area contributed by atoms with Crippen molar-refractivity contribution < 1.29 is 24.5 Å². The van der Waals surface area contributed by atoms with Gasteiger partial charge in [0.05, 0.1) is 6.10 Å². The van der Waals surface area contributed by atoms with Crippen molar-refractivity contribution in [2.24, 2.45) is 45.8 Å². The number of hydrogen-bond donors (Lipinski definition) is 2. The van der Waals surface area contributed by atoms with Crippen LogP contribution in [0.5, 0.6) is 0 Å². The smallest absolute Gasteiger partial charge is 0.331 e. The lowest BCUT2D eigenvalue weighted by Gasteiger charge is -2.58. The average molecular weight is 513 g/mol. The number of allylic oxidation sites excluding steroid dienone is 3. The van der Waals surface area contributed by atoms with E-state index in [9.17, 15) is 14.7 Å². The summed E-state index contributed by atoms with van der Waals surface area (Å²) in [7, 11) is 0. The van der Waals surface area contributed by atoms with Gasteiger partial charge >= 0.3 is 11.9 Å². The lowest BCUT2D eigenvalue weighted by molar-refractivity contribution is -0.171. The number of fused-ring (bicyclic) bond motifs is 5. The third-order valence-electron chi connectivity index (χ3n) is 11.4. The van der Waals surface area contributed by atoms with Gasteiger partial charge in [0.2, 0.25) is 0 Å². The van der Waals surface area contributed by atoms with Crippen LogP contribution < -0.4 is 0 Å². The van der Waals surface area contributed by atoms with E-state index in [1.165, 1.54) is 25.5 Å². The first-order valence-corrected chi connectivity index (χ1v) is 14.3. The Bertz CT molecular complexity index is 1020. The van der Waals surface area contributed by atoms with Gasteiger partial charge in [-0.15, -0.1) is 0 Å². The molecule has 3 fully saturated rings. The predicted octanol–water partition coefficient (Wildman–Crippen LogP) is 6.72. The Hall–Kier alpha value is -1.88. The van der Waals surface area contributed by atoms with Crippen LogP contribution in [-0.4, -0.2) is 34.4 Å². The number of carbonyl (C=O) groups excluding carboxylic acids is 1. The second-order valence-corrected chi connectivity index (χ2v) is 13.8. The summed E-state index contributed by atoms with van der Waals surface area (Å²) < 4.78 is 5.82. The van der Waals surface area contributed by atoms with Crippen LogP contribution in [0.4, 0.5) is 0 Å². The van der Waals surface area contributed by atoms with Gasteiger partial charge in [-0.1, -0.05) is 58.4 Å². The van der Waals surface area contributed by atoms with Gasteiger partial charge < -0.3 is 14.9 Å². The van der Waals surface area contributed by atoms with Gasteiger partial charge in [0, 0.05) is 17.9 Å². The van der Waals surface area contributed by atoms with Crippen LogP contribution in [-0.2, 0) is 14.3 Å². The molecule has 4 aliphatic carbocycles. The van der Waals surface area contributed by atoms with Crippen molar-refractivity contribution in [2.45, 2.75) is 106 Å². The molecular formula is C32H48O5. The van der Waals surface area contributed by atoms with Gasteiger partial charge in [-0.25, -0.2) is 4.79 Å². The van der Waals surface area contributed by atoms with Gasteiger partial charge in [0.15, 0.2) is 0 Å². The lowest BCUT2D eigenvalue weighted by atomic mass is 9.47. The molecule has 4 rings (SSSR count). The molecule has 0 aromatic rings. The monoisotopic (exact) mass is 512 g/mol. The quantitative estimate of drug-likeness (QED) is 0.235. The fraction of sp³-hybridized carbons (Fsp3) is 0.750. The SMILES string of the molecule is C=C1C([C@H](C)C[C@H](O)/C=C(\C)C(=O)O)CC[C@@]2(C)C3=CC[C@H]4C(C)(C)[C@H](OC(C)=O)CC[C@]4(C)[C@@H]3C[C@@H]12. The number of rotatable bonds is 6. The minimum Gasteiger partial charge on any atom is -0.478 e. The second kappa shape index (κ2) is 9.70. The third-order valence-corrected chi connectivity index (χ3v) is 11.4. The zero-order chi connectivity index (χ0) is 27.5. The molecule has 9 atom stereocenters. The summed E-state index contributed by atoms with van der Waals surface area (Å²) in [4.78, 5) is 23.0. The second-order valence-electron chi connectivity index (χ2n) is 13.8. The standard InChI is InChI=1S/C32H48O5/c1-18(15-22(34)16-19(2)29(35)36)23-11-13-31(7)24-9-10-27-30(5,6)28(37-21(4)33)12-14-32(27,8)26(24)17-25(31)20(23)3/h9,16,18,22-23,25-28,34H,3,10-15,17H2,1-2,4-8H3,(H,35,36)/b19-16+/t18-,22+,23?,25+,26-,27+,28-,31+,32-/m1/s1. The van der Waals surface area contributed by atoms with Crippen LogP contribution in [0.15, 0.2) is 35.5 Å². The van der Waals surface area contributed by atoms with Crippen molar-refractivity contribution in [3.63, 3.8) is 0 Å². The first kappa shape index (κ1) is 28.1. The summed E-state index contributed by atoms with van der Waals surface area (Å²) in [5.41, 5.74) is 3.42. The van der Waals surface area contributed by atoms with E-state index in [0.29, 0.717) is 30.1 Å². The molecule has 0 amide bonds. The highest BCUT2D eigenvalue weighted by atomic mass is 16.5. The molecule has 0 aromatic heterocycles. The number of aliphatic hydroxyl groups excluding tert-OH is 1. The van der Waals surface area contributed by atoms with E-state index in [0.717, 1.165) is 38.5 Å². The van der Waals surface area contributed by atoms with Gasteiger partial charge in [-0.3, -0.25) is 4.79 Å². The zero-order valence-electron chi connectivity index (χ0n) is 24.0. The maximum Gasteiger partial charge on any atom is 0.331 e. The number of ether oxygens (including phenoxy) is 1. The number of aliphatic carboxylic acids is 1. The molecule has 3 saturated carbocycles. The fourth-order valence-electron chi connectivity index (χ4n) is 9.33. The molecule has 0 aliphatic heterocycles. The van der Waals surface area contributed by atoms with Crippen molar-refractivity contribution in [2.75, 3.05) is 0 Å². The zero-order valence-corrected chi connectivity index (χ0v) is 24.0. The molecule has 5 heteroatoms. The van der Waals surface area contributed by atoms with Crippen LogP contribution in [0.25, 0.3) is 0 Å². The molecule has 206 valence electrons. The molecule has 1 unspecified atom stereocenters. The molecule has 0 radical (unpaired) electrons. The van der Waals surface area contributed by atoms with Gasteiger partial charge in [0.1, 0.15) is 6.10 Å². The summed E-state index contributed by atoms with van der Waals surface area (Å²) in [6, 6.07) is 0. The van der Waals surface area contributed by atoms with Gasteiger partial charge in [0.25, 0.3) is 0 Å². The van der Waals surface area contributed by atoms with Crippen molar-refractivity contribution in [1.29, 1.82) is 0 Å². The number of carbonyl (C=O) groups is 2. The Morgan fingerprint density at radius 3 is 2.46 bits per heavy atom. The van der Waals surface area contributed by atoms with Crippen molar-refractivity contribution in [1.82, 2.24) is 0 Å². The molecule has 2 N–H and O–H groups in total. The van der Waals surface area contributed by atoms with E-state index >= 15 is 0 Å². The van der Waals surface area contributed by atoms with Crippen molar-refractivity contribution in [3.8, 4) is 0 Å². The molecule has 0 aromatic carbocycles. The van der Waals surface area contributed by atoms with Crippen LogP contribution in [0.1, 0.15) is 93.4 Å². The summed E-state index contributed by atoms with van der Waals surface area (Å²) in [5, 5.41) is 19.7. The highest BCUT2D eigenvalue weighted by Gasteiger charge is 2.63. The number of hydrogen-bond acceptors (Lipinski definition) is 4. The molecule has 0 spiro atoms. The summed E-state index contributed by atoms with van der Waals surface area (Å²) in [5.74, 6) is 0.846. The first-order valence-electron chi connectivity index (χ1n) is 14.3. The number of carboxylic acid groups (broad SMARTS) is 1. The largest absolute Gasteiger partial charge is 0.478 e. The Labute approximate surface area is 223 Å². The molecule has 0 heterocycles. The fourth-order valence-corrected chi connectivity index (χ4v) is 9.33. The molecule has 0 saturated heterocycles. The first-order chi connectivity index (χ1) is 17.1. The summed E-state index contributed by atoms with van der Waals surface area (Å²) >= 11 is 0. The Balaban J connectivity index is 1.54. The maximum absolute atomic E-state index is 11.8. The van der Waals surface area contributed by atoms with Gasteiger partial charge in [-0.2, -0.15) is 0 Å². The normalized spacial score (nSPS) is 40.5. The van der Waals surface area contributed by atoms with E-state index in [1.807, 2.05) is 0 Å². The molecule has 37 heavy (non-hydrogen) atoms. The lowest BCUT2D eigenvalue weighted by Crippen LogP contribution is -2.55. The van der Waals surface area contributed by atoms with E-state index in [2.05, 4.69) is 47.3 Å². The van der Waals surface area contributed by atoms with Crippen molar-refractivity contribution in [3.05, 3.63) is 35.5 Å². The number of carboxylic acids is 1. The summed E-state index contributed by atoms with van der Waals surface area (Å²) in [6.07, 6.45) is 10.2. The highest BCUT2D eigenvalue weighted by molar-refractivity contribution is 5.85. The van der Waals surface area contributed by atoms with Crippen LogP contribution in [0, 0.1) is 45.8 Å². The molecule has 5 nitrogen and oxygen atoms in total. The molecular weight excluding hydrogens is 464 g/mol. The van der Waals surface area contributed by atoms with Crippen molar-refractivity contribution >= 4 is 11.9 Å². The van der Waals surface area contributed by atoms with E-state index in [4.69, 9.17) is 9.84 Å². The topological polar surface area (TPSA) is 83.8 Å². The maximum atomic E-state index is 11.8. The average Bonchev–Trinajstić information content (AvgIpc) is 3.10. The number of aliphatic hydroxyl groups is 1. The minimum absolute atomic E-state index is 0.0253. The Kier molecular flexibility index (Phi) is 7.38. The molecule has 4 aliphatic rings. The van der Waals surface area contributed by atoms with Crippen LogP contribution >= 0.6 is 0 Å². The van der Waals surface area contributed by atoms with Crippen LogP contribution in [0.2, 0.25) is 0 Å². The molecule has 0 bridgehead atoms.